The summed E-state index contributed by atoms with van der Waals surface area (Å²) in [5.74, 6) is 0.0400. The zero-order valence-electron chi connectivity index (χ0n) is 27.5. The number of rotatable bonds is 6. The first-order chi connectivity index (χ1) is 24.7. The van der Waals surface area contributed by atoms with Crippen molar-refractivity contribution < 1.29 is 4.42 Å². The van der Waals surface area contributed by atoms with Crippen LogP contribution < -0.4 is 0 Å². The molecule has 0 radical (unpaired) electrons. The highest BCUT2D eigenvalue weighted by atomic mass is 16.3. The second-order valence-corrected chi connectivity index (χ2v) is 12.8. The highest BCUT2D eigenvalue weighted by molar-refractivity contribution is 6.09. The zero-order valence-corrected chi connectivity index (χ0v) is 27.5. The van der Waals surface area contributed by atoms with E-state index in [1.54, 1.807) is 0 Å². The molecule has 1 atom stereocenters. The molecule has 2 heteroatoms. The van der Waals surface area contributed by atoms with Crippen molar-refractivity contribution >= 4 is 33.0 Å². The Kier molecular flexibility index (Phi) is 7.40. The molecule has 8 aromatic rings. The van der Waals surface area contributed by atoms with E-state index < -0.39 is 0 Å². The molecule has 1 aromatic heterocycles. The molecule has 1 aliphatic carbocycles. The van der Waals surface area contributed by atoms with Crippen LogP contribution >= 0.6 is 0 Å². The van der Waals surface area contributed by atoms with Gasteiger partial charge in [0.25, 0.3) is 0 Å². The van der Waals surface area contributed by atoms with Crippen molar-refractivity contribution in [2.24, 2.45) is 0 Å². The fraction of sp³-hybridized carbons (Fsp3) is 0.0208. The van der Waals surface area contributed by atoms with E-state index in [2.05, 4.69) is 181 Å². The van der Waals surface area contributed by atoms with Gasteiger partial charge in [-0.2, -0.15) is 0 Å². The number of hydrogen-bond acceptors (Lipinski definition) is 2. The summed E-state index contributed by atoms with van der Waals surface area (Å²) < 4.78 is 5.72. The maximum absolute atomic E-state index is 5.72. The molecule has 0 bridgehead atoms. The fourth-order valence-corrected chi connectivity index (χ4v) is 7.49. The van der Waals surface area contributed by atoms with Crippen LogP contribution in [0, 0.1) is 0 Å². The van der Waals surface area contributed by atoms with Gasteiger partial charge in [-0.15, -0.1) is 0 Å². The van der Waals surface area contributed by atoms with Gasteiger partial charge in [-0.05, 0) is 95.8 Å². The first-order valence-electron chi connectivity index (χ1n) is 17.0. The summed E-state index contributed by atoms with van der Waals surface area (Å²) in [4.78, 5) is 4.35. The van der Waals surface area contributed by atoms with Crippen LogP contribution in [0.4, 0.5) is 0 Å². The number of aromatic nitrogens is 1. The van der Waals surface area contributed by atoms with Gasteiger partial charge in [0.1, 0.15) is 5.52 Å². The lowest BCUT2D eigenvalue weighted by molar-refractivity contribution is 0.602. The zero-order chi connectivity index (χ0) is 33.4. The Morgan fingerprint density at radius 3 is 2.04 bits per heavy atom. The molecule has 0 saturated carbocycles. The largest absolute Gasteiger partial charge is 0.443 e. The summed E-state index contributed by atoms with van der Waals surface area (Å²) in [6, 6.07) is 58.4. The van der Waals surface area contributed by atoms with Crippen molar-refractivity contribution in [1.82, 2.24) is 4.98 Å². The van der Waals surface area contributed by atoms with Crippen molar-refractivity contribution in [2.45, 2.75) is 5.92 Å². The van der Waals surface area contributed by atoms with Crippen LogP contribution in [-0.4, -0.2) is 4.98 Å². The van der Waals surface area contributed by atoms with Gasteiger partial charge in [-0.25, -0.2) is 4.98 Å². The van der Waals surface area contributed by atoms with Crippen molar-refractivity contribution in [2.75, 3.05) is 0 Å². The van der Waals surface area contributed by atoms with Gasteiger partial charge in [-0.1, -0.05) is 164 Å². The molecular weight excluding hydrogens is 607 g/mol. The van der Waals surface area contributed by atoms with Gasteiger partial charge >= 0.3 is 0 Å². The Balaban J connectivity index is 1.29. The summed E-state index contributed by atoms with van der Waals surface area (Å²) in [5.41, 5.74) is 15.6. The van der Waals surface area contributed by atoms with Crippen LogP contribution in [0.3, 0.4) is 0 Å². The quantitative estimate of drug-likeness (QED) is 0.181. The summed E-state index contributed by atoms with van der Waals surface area (Å²) in [6.07, 6.45) is 6.24. The molecule has 0 aliphatic heterocycles. The van der Waals surface area contributed by atoms with E-state index in [1.165, 1.54) is 56.1 Å². The fourth-order valence-electron chi connectivity index (χ4n) is 7.49. The summed E-state index contributed by atoms with van der Waals surface area (Å²) in [7, 11) is 0. The SMILES string of the molecule is C=C1C(c2ccccc2)=CC(c2ccccc2-c2c(-c3ccccc3-c3ccc4ncoc4c3)ccc3ccccc23)=CC1c1ccccc1. The second kappa shape index (κ2) is 12.5. The summed E-state index contributed by atoms with van der Waals surface area (Å²) in [5, 5.41) is 2.42. The Bertz CT molecular complexity index is 2610. The normalized spacial score (nSPS) is 14.5. The molecule has 50 heavy (non-hydrogen) atoms. The molecule has 9 rings (SSSR count). The van der Waals surface area contributed by atoms with Crippen LogP contribution in [0.25, 0.3) is 66.4 Å². The summed E-state index contributed by atoms with van der Waals surface area (Å²) in [6.45, 7) is 4.66. The number of fused-ring (bicyclic) bond motifs is 2. The molecule has 0 amide bonds. The number of nitrogens with zero attached hydrogens (tertiary/aromatic N) is 1. The van der Waals surface area contributed by atoms with Crippen LogP contribution in [0.15, 0.2) is 199 Å². The molecule has 1 unspecified atom stereocenters. The third kappa shape index (κ3) is 5.19. The molecule has 2 nitrogen and oxygen atoms in total. The molecule has 1 heterocycles. The molecular formula is C48H33NO. The van der Waals surface area contributed by atoms with Crippen LogP contribution in [0.1, 0.15) is 22.6 Å². The molecule has 1 aliphatic rings. The van der Waals surface area contributed by atoms with Crippen LogP contribution in [0.5, 0.6) is 0 Å². The van der Waals surface area contributed by atoms with Gasteiger partial charge in [0.2, 0.25) is 0 Å². The van der Waals surface area contributed by atoms with E-state index >= 15 is 0 Å². The van der Waals surface area contributed by atoms with E-state index in [0.717, 1.165) is 38.9 Å². The van der Waals surface area contributed by atoms with Gasteiger partial charge in [0.05, 0.1) is 0 Å². The Hall–Kier alpha value is -6.51. The smallest absolute Gasteiger partial charge is 0.181 e. The Labute approximate surface area is 292 Å². The molecule has 236 valence electrons. The Morgan fingerprint density at radius 2 is 1.22 bits per heavy atom. The summed E-state index contributed by atoms with van der Waals surface area (Å²) >= 11 is 0. The molecule has 0 fully saturated rings. The van der Waals surface area contributed by atoms with Gasteiger partial charge < -0.3 is 4.42 Å². The highest BCUT2D eigenvalue weighted by Gasteiger charge is 2.25. The van der Waals surface area contributed by atoms with Crippen LogP contribution in [-0.2, 0) is 0 Å². The second-order valence-electron chi connectivity index (χ2n) is 12.8. The maximum Gasteiger partial charge on any atom is 0.181 e. The average Bonchev–Trinajstić information content (AvgIpc) is 3.67. The monoisotopic (exact) mass is 639 g/mol. The lowest BCUT2D eigenvalue weighted by Gasteiger charge is -2.27. The van der Waals surface area contributed by atoms with E-state index in [0.29, 0.717) is 0 Å². The van der Waals surface area contributed by atoms with Gasteiger partial charge in [0, 0.05) is 5.92 Å². The molecule has 0 spiro atoms. The van der Waals surface area contributed by atoms with E-state index in [9.17, 15) is 0 Å². The van der Waals surface area contributed by atoms with Crippen molar-refractivity contribution in [3.05, 3.63) is 211 Å². The first kappa shape index (κ1) is 29.6. The maximum atomic E-state index is 5.72. The lowest BCUT2D eigenvalue weighted by Crippen LogP contribution is -2.07. The Morgan fingerprint density at radius 1 is 0.540 bits per heavy atom. The van der Waals surface area contributed by atoms with Crippen molar-refractivity contribution in [3.63, 3.8) is 0 Å². The first-order valence-corrected chi connectivity index (χ1v) is 17.0. The third-order valence-electron chi connectivity index (χ3n) is 9.91. The van der Waals surface area contributed by atoms with E-state index in [4.69, 9.17) is 4.42 Å². The number of benzene rings is 7. The lowest BCUT2D eigenvalue weighted by atomic mass is 9.76. The number of allylic oxidation sites excluding steroid dienone is 5. The van der Waals surface area contributed by atoms with E-state index in [-0.39, 0.29) is 5.92 Å². The topological polar surface area (TPSA) is 26.0 Å². The van der Waals surface area contributed by atoms with E-state index in [1.807, 2.05) is 6.07 Å². The third-order valence-corrected chi connectivity index (χ3v) is 9.91. The van der Waals surface area contributed by atoms with Crippen molar-refractivity contribution in [3.8, 4) is 33.4 Å². The predicted molar refractivity (Wildman–Crippen MR) is 209 cm³/mol. The standard InChI is InChI=1S/C48H33NO/c1-32-44(33-14-4-2-5-15-33)28-37(29-45(32)34-16-6-3-7-17-34)39-20-11-13-23-42(39)48-40-21-9-8-18-35(40)24-26-43(48)41-22-12-10-19-38(41)36-25-27-46-47(30-36)50-31-49-46/h2-31,44H,1H2. The average molecular weight is 640 g/mol. The minimum Gasteiger partial charge on any atom is -0.443 e. The molecule has 0 saturated heterocycles. The highest BCUT2D eigenvalue weighted by Crippen LogP contribution is 2.47. The minimum absolute atomic E-state index is 0.0400. The minimum atomic E-state index is 0.0400. The predicted octanol–water partition coefficient (Wildman–Crippen LogP) is 12.8. The number of oxazole rings is 1. The molecule has 7 aromatic carbocycles. The van der Waals surface area contributed by atoms with Crippen molar-refractivity contribution in [1.29, 1.82) is 0 Å². The van der Waals surface area contributed by atoms with Gasteiger partial charge in [-0.3, -0.25) is 0 Å². The van der Waals surface area contributed by atoms with Crippen LogP contribution in [0.2, 0.25) is 0 Å². The molecule has 0 N–H and O–H groups in total. The number of hydrogen-bond donors (Lipinski definition) is 0. The van der Waals surface area contributed by atoms with Gasteiger partial charge in [0.15, 0.2) is 12.0 Å².